The molecule has 2 N–H and O–H groups in total. The van der Waals surface area contributed by atoms with Crippen molar-refractivity contribution in [3.63, 3.8) is 0 Å². The van der Waals surface area contributed by atoms with Crippen LogP contribution >= 0.6 is 22.6 Å². The summed E-state index contributed by atoms with van der Waals surface area (Å²) in [7, 11) is 0. The summed E-state index contributed by atoms with van der Waals surface area (Å²) < 4.78 is 19.0. The van der Waals surface area contributed by atoms with E-state index in [0.717, 1.165) is 5.56 Å². The maximum absolute atomic E-state index is 13.0. The van der Waals surface area contributed by atoms with Crippen molar-refractivity contribution in [2.75, 3.05) is 13.2 Å². The largest absolute Gasteiger partial charge is 0.491 e. The monoisotopic (exact) mass is 429 g/mol. The molecule has 1 unspecified atom stereocenters. The highest BCUT2D eigenvalue weighted by Gasteiger charge is 2.13. The number of rotatable bonds is 6. The Morgan fingerprint density at radius 3 is 2.83 bits per heavy atom. The van der Waals surface area contributed by atoms with E-state index >= 15 is 0 Å². The van der Waals surface area contributed by atoms with Crippen molar-refractivity contribution in [2.24, 2.45) is 0 Å². The Labute approximate surface area is 147 Å². The molecule has 2 aromatic carbocycles. The highest BCUT2D eigenvalue weighted by Crippen LogP contribution is 2.14. The molecule has 0 fully saturated rings. The third kappa shape index (κ3) is 5.47. The summed E-state index contributed by atoms with van der Waals surface area (Å²) in [4.78, 5) is 12.0. The van der Waals surface area contributed by atoms with Gasteiger partial charge < -0.3 is 15.2 Å². The highest BCUT2D eigenvalue weighted by atomic mass is 127. The first-order chi connectivity index (χ1) is 11.0. The lowest BCUT2D eigenvalue weighted by Gasteiger charge is -2.14. The standard InChI is InChI=1S/C17H17FINO3/c1-11-3-2-4-14(7-11)23-10-13(21)9-20-17(22)15-6-5-12(18)8-16(15)19/h2-8,13,21H,9-10H2,1H3,(H,20,22). The molecule has 0 aromatic heterocycles. The van der Waals surface area contributed by atoms with Crippen LogP contribution in [0.5, 0.6) is 5.75 Å². The van der Waals surface area contributed by atoms with Crippen molar-refractivity contribution in [1.82, 2.24) is 5.32 Å². The number of aryl methyl sites for hydroxylation is 1. The number of hydrogen-bond donors (Lipinski definition) is 2. The molecule has 1 amide bonds. The van der Waals surface area contributed by atoms with Gasteiger partial charge in [-0.15, -0.1) is 0 Å². The Balaban J connectivity index is 1.81. The van der Waals surface area contributed by atoms with Crippen molar-refractivity contribution in [1.29, 1.82) is 0 Å². The van der Waals surface area contributed by atoms with Gasteiger partial charge in [0.15, 0.2) is 0 Å². The molecular formula is C17H17FINO3. The average Bonchev–Trinajstić information content (AvgIpc) is 2.50. The first-order valence-corrected chi connectivity index (χ1v) is 8.14. The van der Waals surface area contributed by atoms with Gasteiger partial charge in [-0.3, -0.25) is 4.79 Å². The second-order valence-electron chi connectivity index (χ2n) is 5.12. The third-order valence-corrected chi connectivity index (χ3v) is 4.00. The lowest BCUT2D eigenvalue weighted by Crippen LogP contribution is -2.35. The van der Waals surface area contributed by atoms with Crippen LogP contribution in [-0.2, 0) is 0 Å². The van der Waals surface area contributed by atoms with Crippen molar-refractivity contribution in [2.45, 2.75) is 13.0 Å². The van der Waals surface area contributed by atoms with E-state index in [-0.39, 0.29) is 19.1 Å². The van der Waals surface area contributed by atoms with E-state index in [1.165, 1.54) is 18.2 Å². The van der Waals surface area contributed by atoms with Crippen LogP contribution in [0.4, 0.5) is 4.39 Å². The van der Waals surface area contributed by atoms with Gasteiger partial charge in [0.1, 0.15) is 24.3 Å². The summed E-state index contributed by atoms with van der Waals surface area (Å²) in [6.07, 6.45) is -0.836. The van der Waals surface area contributed by atoms with Crippen LogP contribution in [0, 0.1) is 16.3 Å². The number of amides is 1. The van der Waals surface area contributed by atoms with E-state index < -0.39 is 11.9 Å². The lowest BCUT2D eigenvalue weighted by atomic mass is 10.2. The molecule has 0 spiro atoms. The van der Waals surface area contributed by atoms with Gasteiger partial charge in [-0.2, -0.15) is 0 Å². The van der Waals surface area contributed by atoms with E-state index in [1.54, 1.807) is 6.07 Å². The third-order valence-electron chi connectivity index (χ3n) is 3.11. The Kier molecular flexibility index (Phi) is 6.35. The number of halogens is 2. The van der Waals surface area contributed by atoms with Crippen LogP contribution < -0.4 is 10.1 Å². The zero-order valence-electron chi connectivity index (χ0n) is 12.6. The van der Waals surface area contributed by atoms with Crippen LogP contribution in [0.1, 0.15) is 15.9 Å². The van der Waals surface area contributed by atoms with Gasteiger partial charge >= 0.3 is 0 Å². The van der Waals surface area contributed by atoms with Crippen LogP contribution in [0.25, 0.3) is 0 Å². The zero-order chi connectivity index (χ0) is 16.8. The predicted octanol–water partition coefficient (Wildman–Crippen LogP) is 2.91. The van der Waals surface area contributed by atoms with E-state index in [2.05, 4.69) is 5.32 Å². The molecule has 2 rings (SSSR count). The fourth-order valence-corrected chi connectivity index (χ4v) is 2.66. The normalized spacial score (nSPS) is 11.8. The number of aliphatic hydroxyl groups excluding tert-OH is 1. The summed E-state index contributed by atoms with van der Waals surface area (Å²) in [6.45, 7) is 2.08. The number of nitrogens with one attached hydrogen (secondary N) is 1. The van der Waals surface area contributed by atoms with Crippen LogP contribution in [0.3, 0.4) is 0 Å². The number of carbonyl (C=O) groups excluding carboxylic acids is 1. The molecule has 0 aliphatic heterocycles. The minimum atomic E-state index is -0.836. The SMILES string of the molecule is Cc1cccc(OCC(O)CNC(=O)c2ccc(F)cc2I)c1. The molecule has 0 aliphatic rings. The van der Waals surface area contributed by atoms with Gasteiger partial charge in [0, 0.05) is 10.1 Å². The van der Waals surface area contributed by atoms with E-state index in [1.807, 2.05) is 47.7 Å². The number of hydrogen-bond acceptors (Lipinski definition) is 3. The molecule has 2 aromatic rings. The maximum Gasteiger partial charge on any atom is 0.252 e. The highest BCUT2D eigenvalue weighted by molar-refractivity contribution is 14.1. The predicted molar refractivity (Wildman–Crippen MR) is 94.1 cm³/mol. The van der Waals surface area contributed by atoms with Gasteiger partial charge in [-0.25, -0.2) is 4.39 Å². The molecule has 0 radical (unpaired) electrons. The van der Waals surface area contributed by atoms with Gasteiger partial charge in [0.25, 0.3) is 5.91 Å². The van der Waals surface area contributed by atoms with Crippen LogP contribution in [0.15, 0.2) is 42.5 Å². The van der Waals surface area contributed by atoms with Crippen LogP contribution in [0.2, 0.25) is 0 Å². The second kappa shape index (κ2) is 8.26. The topological polar surface area (TPSA) is 58.6 Å². The Hall–Kier alpha value is -1.67. The van der Waals surface area contributed by atoms with E-state index in [0.29, 0.717) is 14.9 Å². The summed E-state index contributed by atoms with van der Waals surface area (Å²) in [5, 5.41) is 12.5. The van der Waals surface area contributed by atoms with Gasteiger partial charge in [-0.1, -0.05) is 12.1 Å². The average molecular weight is 429 g/mol. The fraction of sp³-hybridized carbons (Fsp3) is 0.235. The molecule has 23 heavy (non-hydrogen) atoms. The molecule has 1 atom stereocenters. The van der Waals surface area contributed by atoms with Gasteiger partial charge in [0.05, 0.1) is 5.56 Å². The smallest absolute Gasteiger partial charge is 0.252 e. The Morgan fingerprint density at radius 1 is 1.35 bits per heavy atom. The first-order valence-electron chi connectivity index (χ1n) is 7.06. The second-order valence-corrected chi connectivity index (χ2v) is 6.28. The number of aliphatic hydroxyl groups is 1. The van der Waals surface area contributed by atoms with Crippen molar-refractivity contribution in [3.05, 3.63) is 63.0 Å². The van der Waals surface area contributed by atoms with E-state index in [4.69, 9.17) is 4.74 Å². The molecule has 0 bridgehead atoms. The maximum atomic E-state index is 13.0. The molecule has 4 nitrogen and oxygen atoms in total. The van der Waals surface area contributed by atoms with Gasteiger partial charge in [-0.05, 0) is 65.4 Å². The summed E-state index contributed by atoms with van der Waals surface area (Å²) in [5.74, 6) is -0.0787. The van der Waals surface area contributed by atoms with Gasteiger partial charge in [0.2, 0.25) is 0 Å². The van der Waals surface area contributed by atoms with Crippen molar-refractivity contribution in [3.8, 4) is 5.75 Å². The molecule has 0 aliphatic carbocycles. The quantitative estimate of drug-likeness (QED) is 0.695. The minimum absolute atomic E-state index is 0.0537. The minimum Gasteiger partial charge on any atom is -0.491 e. The molecule has 0 saturated heterocycles. The van der Waals surface area contributed by atoms with Crippen LogP contribution in [-0.4, -0.2) is 30.3 Å². The lowest BCUT2D eigenvalue weighted by molar-refractivity contribution is 0.0843. The van der Waals surface area contributed by atoms with Crippen molar-refractivity contribution < 1.29 is 19.0 Å². The number of benzene rings is 2. The first kappa shape index (κ1) is 17.7. The Bertz CT molecular complexity index is 693. The molecule has 122 valence electrons. The number of carbonyl (C=O) groups is 1. The summed E-state index contributed by atoms with van der Waals surface area (Å²) in [6, 6.07) is 11.4. The Morgan fingerprint density at radius 2 is 2.13 bits per heavy atom. The molecule has 0 heterocycles. The zero-order valence-corrected chi connectivity index (χ0v) is 14.7. The summed E-state index contributed by atoms with van der Waals surface area (Å²) in [5.41, 5.74) is 1.44. The molecular weight excluding hydrogens is 412 g/mol. The summed E-state index contributed by atoms with van der Waals surface area (Å²) >= 11 is 1.90. The van der Waals surface area contributed by atoms with Crippen molar-refractivity contribution >= 4 is 28.5 Å². The number of ether oxygens (including phenoxy) is 1. The molecule has 0 saturated carbocycles. The van der Waals surface area contributed by atoms with E-state index in [9.17, 15) is 14.3 Å². The fourth-order valence-electron chi connectivity index (χ4n) is 1.94. The molecule has 6 heteroatoms.